The van der Waals surface area contributed by atoms with Crippen LogP contribution in [0.1, 0.15) is 25.5 Å². The van der Waals surface area contributed by atoms with Crippen molar-refractivity contribution in [2.45, 2.75) is 49.3 Å². The van der Waals surface area contributed by atoms with Gasteiger partial charge in [0.15, 0.2) is 5.79 Å². The normalized spacial score (nSPS) is 21.0. The molecule has 3 N–H and O–H groups in total. The number of hydrogen-bond donors (Lipinski definition) is 2. The number of nitrogen functional groups attached to an aromatic ring is 1. The molecule has 1 aliphatic carbocycles. The fourth-order valence-corrected chi connectivity index (χ4v) is 6.68. The highest BCUT2D eigenvalue weighted by Gasteiger charge is 2.50. The fourth-order valence-electron chi connectivity index (χ4n) is 5.72. The molecule has 42 heavy (non-hydrogen) atoms. The van der Waals surface area contributed by atoms with Crippen molar-refractivity contribution in [2.24, 2.45) is 0 Å². The number of nitrogens with zero attached hydrogens (tertiary/aromatic N) is 4. The number of benzene rings is 2. The first kappa shape index (κ1) is 26.8. The zero-order chi connectivity index (χ0) is 28.8. The van der Waals surface area contributed by atoms with E-state index in [9.17, 15) is 0 Å². The van der Waals surface area contributed by atoms with Gasteiger partial charge in [0.1, 0.15) is 41.6 Å². The first-order chi connectivity index (χ1) is 20.4. The van der Waals surface area contributed by atoms with Crippen LogP contribution in [0.2, 0.25) is 0 Å². The molecule has 3 aromatic heterocycles. The molecule has 5 aromatic rings. The molecule has 0 spiro atoms. The van der Waals surface area contributed by atoms with Gasteiger partial charge in [-0.25, -0.2) is 15.0 Å². The highest BCUT2D eigenvalue weighted by molar-refractivity contribution is 7.99. The Balaban J connectivity index is 1.09. The highest BCUT2D eigenvalue weighted by Crippen LogP contribution is 2.45. The van der Waals surface area contributed by atoms with Gasteiger partial charge < -0.3 is 29.8 Å². The van der Waals surface area contributed by atoms with Crippen LogP contribution in [0.5, 0.6) is 5.75 Å². The molecular weight excluding hydrogens is 548 g/mol. The van der Waals surface area contributed by atoms with Crippen LogP contribution in [0.25, 0.3) is 21.9 Å². The number of nitrogens with two attached hydrogens (primary N) is 1. The largest absolute Gasteiger partial charge is 0.497 e. The zero-order valence-corrected chi connectivity index (χ0v) is 24.5. The number of rotatable bonds is 8. The van der Waals surface area contributed by atoms with Gasteiger partial charge in [0.2, 0.25) is 0 Å². The number of anilines is 2. The Labute approximate surface area is 248 Å². The number of ether oxygens (including phenoxy) is 3. The van der Waals surface area contributed by atoms with E-state index >= 15 is 0 Å². The number of pyridine rings is 1. The number of thioether (sulfide) groups is 1. The van der Waals surface area contributed by atoms with Gasteiger partial charge in [0.05, 0.1) is 24.1 Å². The smallest absolute Gasteiger partial charge is 0.164 e. The van der Waals surface area contributed by atoms with Gasteiger partial charge >= 0.3 is 0 Å². The molecule has 0 radical (unpaired) electrons. The standard InChI is InChI=1S/C32H32N6O3S/c1-32(2)40-28-21(14-26(29(28)41-32)38-13-12-24-30(33)35-18-36-31(24)38)17-42-23-10-6-20-7-11-27(37-25(20)15-23)34-16-19-4-8-22(39-3)9-5-19/h4-15,18,26,28-29H,16-17H2,1-3H3,(H,34,37)(H2,33,35,36)/t26-,28-,29+/m1/s1. The van der Waals surface area contributed by atoms with E-state index in [1.54, 1.807) is 18.9 Å². The Morgan fingerprint density at radius 2 is 1.88 bits per heavy atom. The monoisotopic (exact) mass is 580 g/mol. The molecule has 1 saturated heterocycles. The molecule has 0 unspecified atom stereocenters. The summed E-state index contributed by atoms with van der Waals surface area (Å²) >= 11 is 1.78. The summed E-state index contributed by atoms with van der Waals surface area (Å²) < 4.78 is 20.2. The molecule has 1 fully saturated rings. The van der Waals surface area contributed by atoms with Crippen LogP contribution in [0.4, 0.5) is 11.6 Å². The van der Waals surface area contributed by atoms with Crippen molar-refractivity contribution in [1.82, 2.24) is 19.5 Å². The average Bonchev–Trinajstić information content (AvgIpc) is 3.66. The Kier molecular flexibility index (Phi) is 6.76. The van der Waals surface area contributed by atoms with Gasteiger partial charge in [-0.3, -0.25) is 0 Å². The van der Waals surface area contributed by atoms with Crippen LogP contribution in [0.15, 0.2) is 89.7 Å². The van der Waals surface area contributed by atoms with Crippen LogP contribution in [0, 0.1) is 0 Å². The van der Waals surface area contributed by atoms with Gasteiger partial charge in [-0.2, -0.15) is 0 Å². The van der Waals surface area contributed by atoms with Crippen molar-refractivity contribution in [3.63, 3.8) is 0 Å². The fraction of sp³-hybridized carbons (Fsp3) is 0.281. The van der Waals surface area contributed by atoms with Crippen molar-refractivity contribution in [3.05, 3.63) is 90.4 Å². The summed E-state index contributed by atoms with van der Waals surface area (Å²) in [6.07, 6.45) is 5.48. The van der Waals surface area contributed by atoms with E-state index in [2.05, 4.69) is 62.3 Å². The molecule has 2 aromatic carbocycles. The number of methoxy groups -OCH3 is 1. The molecule has 0 saturated carbocycles. The molecule has 3 atom stereocenters. The Morgan fingerprint density at radius 3 is 2.71 bits per heavy atom. The minimum atomic E-state index is -0.670. The summed E-state index contributed by atoms with van der Waals surface area (Å²) in [5, 5.41) is 5.38. The van der Waals surface area contributed by atoms with Crippen molar-refractivity contribution < 1.29 is 14.2 Å². The third kappa shape index (κ3) is 5.06. The number of nitrogens with one attached hydrogen (secondary N) is 1. The number of fused-ring (bicyclic) bond motifs is 3. The van der Waals surface area contributed by atoms with Crippen molar-refractivity contribution >= 4 is 45.3 Å². The zero-order valence-electron chi connectivity index (χ0n) is 23.7. The van der Waals surface area contributed by atoms with Crippen molar-refractivity contribution in [2.75, 3.05) is 23.9 Å². The second-order valence-corrected chi connectivity index (χ2v) is 12.1. The van der Waals surface area contributed by atoms with E-state index in [1.165, 1.54) is 11.9 Å². The maximum Gasteiger partial charge on any atom is 0.164 e. The summed E-state index contributed by atoms with van der Waals surface area (Å²) in [5.74, 6) is 2.26. The topological polar surface area (TPSA) is 109 Å². The maximum atomic E-state index is 6.41. The summed E-state index contributed by atoms with van der Waals surface area (Å²) in [6, 6.07) is 20.5. The lowest BCUT2D eigenvalue weighted by molar-refractivity contribution is -0.147. The molecule has 4 heterocycles. The predicted molar refractivity (Wildman–Crippen MR) is 166 cm³/mol. The SMILES string of the molecule is COc1ccc(CNc2ccc3ccc(SCC4=C[C@@H](n5ccc6c(N)ncnc65)[C@@H]5OC(C)(C)O[C@H]45)cc3n2)cc1. The Morgan fingerprint density at radius 1 is 1.05 bits per heavy atom. The predicted octanol–water partition coefficient (Wildman–Crippen LogP) is 5.98. The third-order valence-corrected chi connectivity index (χ3v) is 8.84. The molecular formula is C32H32N6O3S. The molecule has 0 amide bonds. The van der Waals surface area contributed by atoms with Gasteiger partial charge in [0, 0.05) is 28.8 Å². The van der Waals surface area contributed by atoms with Crippen LogP contribution in [0.3, 0.4) is 0 Å². The third-order valence-electron chi connectivity index (χ3n) is 7.78. The van der Waals surface area contributed by atoms with E-state index in [-0.39, 0.29) is 18.2 Å². The first-order valence-corrected chi connectivity index (χ1v) is 14.9. The lowest BCUT2D eigenvalue weighted by Gasteiger charge is -2.22. The second kappa shape index (κ2) is 10.6. The van der Waals surface area contributed by atoms with E-state index in [4.69, 9.17) is 24.9 Å². The Hall–Kier alpha value is -4.12. The molecule has 0 bridgehead atoms. The minimum absolute atomic E-state index is 0.0585. The minimum Gasteiger partial charge on any atom is -0.497 e. The van der Waals surface area contributed by atoms with Crippen LogP contribution in [-0.4, -0.2) is 50.4 Å². The van der Waals surface area contributed by atoms with Crippen LogP contribution in [-0.2, 0) is 16.0 Å². The molecule has 2 aliphatic rings. The molecule has 10 heteroatoms. The number of hydrogen-bond acceptors (Lipinski definition) is 9. The second-order valence-electron chi connectivity index (χ2n) is 11.0. The molecule has 9 nitrogen and oxygen atoms in total. The van der Waals surface area contributed by atoms with Crippen LogP contribution >= 0.6 is 11.8 Å². The quantitative estimate of drug-likeness (QED) is 0.169. The lowest BCUT2D eigenvalue weighted by atomic mass is 10.1. The van der Waals surface area contributed by atoms with Gasteiger partial charge in [-0.1, -0.05) is 24.3 Å². The highest BCUT2D eigenvalue weighted by atomic mass is 32.2. The Bertz CT molecular complexity index is 1800. The van der Waals surface area contributed by atoms with Gasteiger partial charge in [0.25, 0.3) is 0 Å². The van der Waals surface area contributed by atoms with E-state index < -0.39 is 5.79 Å². The van der Waals surface area contributed by atoms with Gasteiger partial charge in [-0.15, -0.1) is 11.8 Å². The van der Waals surface area contributed by atoms with Crippen LogP contribution < -0.4 is 15.8 Å². The summed E-state index contributed by atoms with van der Waals surface area (Å²) in [7, 11) is 1.67. The van der Waals surface area contributed by atoms with E-state index in [0.29, 0.717) is 12.4 Å². The first-order valence-electron chi connectivity index (χ1n) is 13.9. The summed E-state index contributed by atoms with van der Waals surface area (Å²) in [6.45, 7) is 4.62. The average molecular weight is 581 g/mol. The van der Waals surface area contributed by atoms with E-state index in [0.717, 1.165) is 49.7 Å². The summed E-state index contributed by atoms with van der Waals surface area (Å²) in [4.78, 5) is 14.7. The molecule has 7 rings (SSSR count). The molecule has 1 aliphatic heterocycles. The maximum absolute atomic E-state index is 6.41. The number of aromatic nitrogens is 4. The van der Waals surface area contributed by atoms with Crippen molar-refractivity contribution in [1.29, 1.82) is 0 Å². The summed E-state index contributed by atoms with van der Waals surface area (Å²) in [5.41, 5.74) is 10.2. The lowest BCUT2D eigenvalue weighted by Crippen LogP contribution is -2.28. The molecule has 214 valence electrons. The van der Waals surface area contributed by atoms with Gasteiger partial charge in [-0.05, 0) is 67.4 Å². The van der Waals surface area contributed by atoms with Crippen molar-refractivity contribution in [3.8, 4) is 5.75 Å². The van der Waals surface area contributed by atoms with E-state index in [1.807, 2.05) is 44.3 Å².